The predicted octanol–water partition coefficient (Wildman–Crippen LogP) is 1.51. The molecule has 1 aromatic rings. The Morgan fingerprint density at radius 1 is 1.53 bits per heavy atom. The van der Waals surface area contributed by atoms with E-state index in [1.807, 2.05) is 0 Å². The first-order chi connectivity index (χ1) is 7.25. The predicted molar refractivity (Wildman–Crippen MR) is 55.7 cm³/mol. The Hall–Kier alpha value is -1.55. The monoisotopic (exact) mass is 207 g/mol. The molecule has 1 heterocycles. The maximum absolute atomic E-state index is 11.6. The van der Waals surface area contributed by atoms with Crippen molar-refractivity contribution in [2.75, 3.05) is 11.9 Å². The van der Waals surface area contributed by atoms with Gasteiger partial charge in [-0.2, -0.15) is 0 Å². The van der Waals surface area contributed by atoms with E-state index in [-0.39, 0.29) is 17.8 Å². The van der Waals surface area contributed by atoms with Gasteiger partial charge in [0, 0.05) is 18.4 Å². The molecule has 0 aliphatic carbocycles. The molecular weight excluding hydrogens is 194 g/mol. The van der Waals surface area contributed by atoms with E-state index in [2.05, 4.69) is 5.32 Å². The van der Waals surface area contributed by atoms with Gasteiger partial charge >= 0.3 is 0 Å². The second-order valence-electron chi connectivity index (χ2n) is 3.54. The number of rotatable bonds is 2. The number of phenols is 1. The van der Waals surface area contributed by atoms with Crippen molar-refractivity contribution in [1.29, 1.82) is 0 Å². The summed E-state index contributed by atoms with van der Waals surface area (Å²) < 4.78 is 5.24. The Labute approximate surface area is 87.9 Å². The molecule has 80 valence electrons. The second-order valence-corrected chi connectivity index (χ2v) is 3.54. The van der Waals surface area contributed by atoms with Crippen LogP contribution < -0.4 is 5.32 Å². The van der Waals surface area contributed by atoms with Crippen LogP contribution in [0.25, 0.3) is 0 Å². The minimum Gasteiger partial charge on any atom is -0.508 e. The molecular formula is C11H13NO3. The third-order valence-electron chi connectivity index (χ3n) is 2.34. The number of nitrogens with one attached hydrogen (secondary N) is 1. The van der Waals surface area contributed by atoms with Crippen molar-refractivity contribution < 1.29 is 14.6 Å². The van der Waals surface area contributed by atoms with Crippen LogP contribution in [0.5, 0.6) is 5.75 Å². The highest BCUT2D eigenvalue weighted by molar-refractivity contribution is 5.94. The molecule has 2 rings (SSSR count). The first-order valence-corrected chi connectivity index (χ1v) is 4.97. The van der Waals surface area contributed by atoms with Gasteiger partial charge in [-0.15, -0.1) is 0 Å². The Morgan fingerprint density at radius 3 is 3.07 bits per heavy atom. The van der Waals surface area contributed by atoms with Gasteiger partial charge in [-0.25, -0.2) is 0 Å². The number of benzene rings is 1. The fraction of sp³-hybridized carbons (Fsp3) is 0.364. The van der Waals surface area contributed by atoms with Crippen molar-refractivity contribution in [1.82, 2.24) is 0 Å². The largest absolute Gasteiger partial charge is 0.508 e. The Bertz CT molecular complexity index is 359. The van der Waals surface area contributed by atoms with Gasteiger partial charge in [-0.05, 0) is 25.0 Å². The zero-order valence-electron chi connectivity index (χ0n) is 8.27. The standard InChI is InChI=1S/C11H13NO3/c13-9-4-1-3-8(7-9)12-11(14)10-5-2-6-15-10/h1,3-4,7,10,13H,2,5-6H2,(H,12,14)/t10-/m0/s1. The zero-order chi connectivity index (χ0) is 10.7. The molecule has 1 amide bonds. The molecule has 1 aliphatic heterocycles. The lowest BCUT2D eigenvalue weighted by Gasteiger charge is -2.10. The molecule has 0 radical (unpaired) electrons. The first-order valence-electron chi connectivity index (χ1n) is 4.97. The summed E-state index contributed by atoms with van der Waals surface area (Å²) >= 11 is 0. The summed E-state index contributed by atoms with van der Waals surface area (Å²) in [5.41, 5.74) is 0.593. The van der Waals surface area contributed by atoms with E-state index in [1.54, 1.807) is 18.2 Å². The number of ether oxygens (including phenoxy) is 1. The zero-order valence-corrected chi connectivity index (χ0v) is 8.27. The van der Waals surface area contributed by atoms with Crippen LogP contribution in [0.4, 0.5) is 5.69 Å². The highest BCUT2D eigenvalue weighted by Gasteiger charge is 2.23. The normalized spacial score (nSPS) is 20.1. The number of hydrogen-bond acceptors (Lipinski definition) is 3. The SMILES string of the molecule is O=C(Nc1cccc(O)c1)[C@@H]1CCCO1. The molecule has 1 saturated heterocycles. The molecule has 0 spiro atoms. The lowest BCUT2D eigenvalue weighted by atomic mass is 10.2. The van der Waals surface area contributed by atoms with E-state index in [9.17, 15) is 9.90 Å². The molecule has 0 bridgehead atoms. The van der Waals surface area contributed by atoms with Crippen LogP contribution in [-0.2, 0) is 9.53 Å². The fourth-order valence-electron chi connectivity index (χ4n) is 1.59. The number of aromatic hydroxyl groups is 1. The van der Waals surface area contributed by atoms with Crippen LogP contribution in [0.3, 0.4) is 0 Å². The lowest BCUT2D eigenvalue weighted by molar-refractivity contribution is -0.124. The molecule has 1 aliphatic rings. The van der Waals surface area contributed by atoms with E-state index < -0.39 is 0 Å². The smallest absolute Gasteiger partial charge is 0.253 e. The summed E-state index contributed by atoms with van der Waals surface area (Å²) in [6.07, 6.45) is 1.36. The van der Waals surface area contributed by atoms with Crippen LogP contribution in [0.15, 0.2) is 24.3 Å². The van der Waals surface area contributed by atoms with Crippen molar-refractivity contribution >= 4 is 11.6 Å². The van der Waals surface area contributed by atoms with Crippen LogP contribution in [-0.4, -0.2) is 23.7 Å². The minimum atomic E-state index is -0.340. The number of carbonyl (C=O) groups is 1. The Balaban J connectivity index is 1.99. The summed E-state index contributed by atoms with van der Waals surface area (Å²) in [5.74, 6) is -0.00163. The van der Waals surface area contributed by atoms with E-state index >= 15 is 0 Å². The topological polar surface area (TPSA) is 58.6 Å². The van der Waals surface area contributed by atoms with Gasteiger partial charge in [0.15, 0.2) is 0 Å². The fourth-order valence-corrected chi connectivity index (χ4v) is 1.59. The number of anilines is 1. The van der Waals surface area contributed by atoms with Crippen molar-refractivity contribution in [3.05, 3.63) is 24.3 Å². The number of phenolic OH excluding ortho intramolecular Hbond substituents is 1. The van der Waals surface area contributed by atoms with E-state index in [0.29, 0.717) is 12.3 Å². The number of hydrogen-bond donors (Lipinski definition) is 2. The number of carbonyl (C=O) groups excluding carboxylic acids is 1. The van der Waals surface area contributed by atoms with E-state index in [0.717, 1.165) is 12.8 Å². The maximum Gasteiger partial charge on any atom is 0.253 e. The van der Waals surface area contributed by atoms with Crippen LogP contribution >= 0.6 is 0 Å². The van der Waals surface area contributed by atoms with Gasteiger partial charge in [-0.3, -0.25) is 4.79 Å². The van der Waals surface area contributed by atoms with Crippen molar-refractivity contribution in [3.63, 3.8) is 0 Å². The molecule has 0 saturated carbocycles. The van der Waals surface area contributed by atoms with Crippen LogP contribution in [0, 0.1) is 0 Å². The summed E-state index contributed by atoms with van der Waals surface area (Å²) in [4.78, 5) is 11.6. The van der Waals surface area contributed by atoms with Crippen molar-refractivity contribution in [2.24, 2.45) is 0 Å². The van der Waals surface area contributed by atoms with Crippen LogP contribution in [0.1, 0.15) is 12.8 Å². The Kier molecular flexibility index (Phi) is 2.87. The van der Waals surface area contributed by atoms with Gasteiger partial charge in [-0.1, -0.05) is 6.07 Å². The summed E-state index contributed by atoms with van der Waals surface area (Å²) in [6, 6.07) is 6.47. The van der Waals surface area contributed by atoms with Crippen molar-refractivity contribution in [3.8, 4) is 5.75 Å². The van der Waals surface area contributed by atoms with E-state index in [4.69, 9.17) is 4.74 Å². The third-order valence-corrected chi connectivity index (χ3v) is 2.34. The molecule has 4 heteroatoms. The van der Waals surface area contributed by atoms with Gasteiger partial charge < -0.3 is 15.2 Å². The number of amides is 1. The molecule has 1 aromatic carbocycles. The quantitative estimate of drug-likeness (QED) is 0.772. The van der Waals surface area contributed by atoms with Crippen molar-refractivity contribution in [2.45, 2.75) is 18.9 Å². The molecule has 4 nitrogen and oxygen atoms in total. The molecule has 1 atom stereocenters. The van der Waals surface area contributed by atoms with Gasteiger partial charge in [0.25, 0.3) is 5.91 Å². The average molecular weight is 207 g/mol. The third kappa shape index (κ3) is 2.47. The lowest BCUT2D eigenvalue weighted by Crippen LogP contribution is -2.26. The van der Waals surface area contributed by atoms with E-state index in [1.165, 1.54) is 6.07 Å². The summed E-state index contributed by atoms with van der Waals surface area (Å²) in [5, 5.41) is 11.9. The minimum absolute atomic E-state index is 0.139. The molecule has 1 fully saturated rings. The van der Waals surface area contributed by atoms with Gasteiger partial charge in [0.2, 0.25) is 0 Å². The molecule has 0 aromatic heterocycles. The Morgan fingerprint density at radius 2 is 2.40 bits per heavy atom. The molecule has 0 unspecified atom stereocenters. The van der Waals surface area contributed by atoms with Gasteiger partial charge in [0.05, 0.1) is 0 Å². The second kappa shape index (κ2) is 4.31. The highest BCUT2D eigenvalue weighted by Crippen LogP contribution is 2.18. The molecule has 2 N–H and O–H groups in total. The maximum atomic E-state index is 11.6. The van der Waals surface area contributed by atoms with Gasteiger partial charge in [0.1, 0.15) is 11.9 Å². The molecule has 15 heavy (non-hydrogen) atoms. The summed E-state index contributed by atoms with van der Waals surface area (Å²) in [6.45, 7) is 0.651. The average Bonchev–Trinajstić information content (AvgIpc) is 2.70. The van der Waals surface area contributed by atoms with Crippen LogP contribution in [0.2, 0.25) is 0 Å². The summed E-state index contributed by atoms with van der Waals surface area (Å²) in [7, 11) is 0. The highest BCUT2D eigenvalue weighted by atomic mass is 16.5. The first kappa shape index (κ1) is 9.98.